The first kappa shape index (κ1) is 20.1. The van der Waals surface area contributed by atoms with Crippen LogP contribution in [-0.4, -0.2) is 39.6 Å². The number of hydrogen-bond donors (Lipinski definition) is 4. The Hall–Kier alpha value is -4.14. The molecule has 31 heavy (non-hydrogen) atoms. The van der Waals surface area contributed by atoms with Gasteiger partial charge in [-0.2, -0.15) is 0 Å². The zero-order valence-electron chi connectivity index (χ0n) is 17.3. The molecule has 158 valence electrons. The second-order valence-electron chi connectivity index (χ2n) is 6.80. The van der Waals surface area contributed by atoms with E-state index in [0.29, 0.717) is 25.0 Å². The van der Waals surface area contributed by atoms with Gasteiger partial charge in [-0.05, 0) is 42.3 Å². The molecule has 2 aromatic heterocycles. The van der Waals surface area contributed by atoms with E-state index in [2.05, 4.69) is 35.9 Å². The van der Waals surface area contributed by atoms with Crippen LogP contribution in [0.25, 0.3) is 22.2 Å². The highest BCUT2D eigenvalue weighted by atomic mass is 16.5. The minimum Gasteiger partial charge on any atom is -0.497 e. The molecule has 0 saturated heterocycles. The molecule has 0 unspecified atom stereocenters. The summed E-state index contributed by atoms with van der Waals surface area (Å²) in [5.41, 5.74) is 4.48. The Balaban J connectivity index is 1.43. The van der Waals surface area contributed by atoms with Crippen LogP contribution in [-0.2, 0) is 6.54 Å². The average Bonchev–Trinajstić information content (AvgIpc) is 3.20. The third-order valence-electron chi connectivity index (χ3n) is 4.65. The second kappa shape index (κ2) is 9.12. The zero-order valence-corrected chi connectivity index (χ0v) is 17.3. The van der Waals surface area contributed by atoms with Crippen LogP contribution < -0.4 is 20.7 Å². The molecular weight excluding hydrogens is 394 g/mol. The lowest BCUT2D eigenvalue weighted by Gasteiger charge is -2.07. The van der Waals surface area contributed by atoms with Gasteiger partial charge in [0.1, 0.15) is 5.75 Å². The fraction of sp³-hybridized carbons (Fsp3) is 0.182. The molecule has 0 saturated carbocycles. The highest BCUT2D eigenvalue weighted by molar-refractivity contribution is 5.90. The molecule has 2 heterocycles. The summed E-state index contributed by atoms with van der Waals surface area (Å²) in [5, 5.41) is 8.56. The smallest absolute Gasteiger partial charge is 0.321 e. The van der Waals surface area contributed by atoms with E-state index in [4.69, 9.17) is 4.74 Å². The van der Waals surface area contributed by atoms with Crippen LogP contribution in [0.3, 0.4) is 0 Å². The second-order valence-corrected chi connectivity index (χ2v) is 6.80. The Bertz CT molecular complexity index is 1170. The van der Waals surface area contributed by atoms with Crippen LogP contribution in [0.1, 0.15) is 12.5 Å². The number of amides is 2. The number of urea groups is 1. The quantitative estimate of drug-likeness (QED) is 0.364. The first-order valence-electron chi connectivity index (χ1n) is 9.88. The predicted molar refractivity (Wildman–Crippen MR) is 120 cm³/mol. The number of ether oxygens (including phenoxy) is 1. The van der Waals surface area contributed by atoms with Crippen LogP contribution in [0.2, 0.25) is 0 Å². The summed E-state index contributed by atoms with van der Waals surface area (Å²) < 4.78 is 5.17. The Morgan fingerprint density at radius 1 is 1.06 bits per heavy atom. The van der Waals surface area contributed by atoms with Gasteiger partial charge in [0.05, 0.1) is 18.1 Å². The van der Waals surface area contributed by atoms with Gasteiger partial charge in [-0.15, -0.1) is 0 Å². The molecule has 9 nitrogen and oxygen atoms in total. The molecular formula is C22H23N7O2. The standard InChI is InChI=1S/C22H23N7O2/c1-3-23-22(30)29-21-27-18-9-6-15(10-19(18)28-21)16-12-25-20(26-13-16)24-11-14-4-7-17(31-2)8-5-14/h4-10,12-13H,3,11H2,1-2H3,(H,24,25,26)(H3,23,27,28,29,30). The van der Waals surface area contributed by atoms with E-state index < -0.39 is 0 Å². The van der Waals surface area contributed by atoms with Crippen molar-refractivity contribution in [1.82, 2.24) is 25.3 Å². The first-order chi connectivity index (χ1) is 15.1. The topological polar surface area (TPSA) is 117 Å². The number of aromatic nitrogens is 4. The summed E-state index contributed by atoms with van der Waals surface area (Å²) in [6, 6.07) is 13.3. The Kier molecular flexibility index (Phi) is 5.93. The number of anilines is 2. The molecule has 4 N–H and O–H groups in total. The van der Waals surface area contributed by atoms with Gasteiger partial charge >= 0.3 is 6.03 Å². The summed E-state index contributed by atoms with van der Waals surface area (Å²) in [6.45, 7) is 3.01. The number of fused-ring (bicyclic) bond motifs is 1. The number of nitrogens with zero attached hydrogens (tertiary/aromatic N) is 3. The van der Waals surface area contributed by atoms with Crippen LogP contribution in [0.5, 0.6) is 5.75 Å². The number of nitrogens with one attached hydrogen (secondary N) is 4. The lowest BCUT2D eigenvalue weighted by Crippen LogP contribution is -2.28. The average molecular weight is 417 g/mol. The predicted octanol–water partition coefficient (Wildman–Crippen LogP) is 3.78. The molecule has 2 amide bonds. The molecule has 0 fully saturated rings. The third-order valence-corrected chi connectivity index (χ3v) is 4.65. The number of carbonyl (C=O) groups excluding carboxylic acids is 1. The molecule has 0 atom stereocenters. The maximum atomic E-state index is 11.7. The highest BCUT2D eigenvalue weighted by Crippen LogP contribution is 2.24. The van der Waals surface area contributed by atoms with Gasteiger partial charge in [-0.25, -0.2) is 19.7 Å². The number of H-pyrrole nitrogens is 1. The van der Waals surface area contributed by atoms with Gasteiger partial charge in [-0.1, -0.05) is 18.2 Å². The molecule has 0 radical (unpaired) electrons. The normalized spacial score (nSPS) is 10.6. The Labute approximate surface area is 179 Å². The van der Waals surface area contributed by atoms with E-state index >= 15 is 0 Å². The van der Waals surface area contributed by atoms with Crippen LogP contribution in [0.4, 0.5) is 16.7 Å². The van der Waals surface area contributed by atoms with Crippen molar-refractivity contribution in [2.45, 2.75) is 13.5 Å². The first-order valence-corrected chi connectivity index (χ1v) is 9.88. The van der Waals surface area contributed by atoms with Crippen LogP contribution >= 0.6 is 0 Å². The zero-order chi connectivity index (χ0) is 21.6. The summed E-state index contributed by atoms with van der Waals surface area (Å²) in [7, 11) is 1.65. The molecule has 0 spiro atoms. The van der Waals surface area contributed by atoms with Crippen molar-refractivity contribution in [3.8, 4) is 16.9 Å². The van der Waals surface area contributed by atoms with E-state index in [1.807, 2.05) is 49.4 Å². The number of aromatic amines is 1. The molecule has 0 bridgehead atoms. The molecule has 4 aromatic rings. The van der Waals surface area contributed by atoms with Crippen LogP contribution in [0.15, 0.2) is 54.9 Å². The van der Waals surface area contributed by atoms with Crippen molar-refractivity contribution in [3.05, 3.63) is 60.4 Å². The Morgan fingerprint density at radius 3 is 2.55 bits per heavy atom. The van der Waals surface area contributed by atoms with Gasteiger partial charge in [-0.3, -0.25) is 5.32 Å². The van der Waals surface area contributed by atoms with Crippen molar-refractivity contribution in [1.29, 1.82) is 0 Å². The van der Waals surface area contributed by atoms with E-state index in [0.717, 1.165) is 33.5 Å². The molecule has 0 aliphatic carbocycles. The van der Waals surface area contributed by atoms with E-state index in [1.54, 1.807) is 19.5 Å². The number of rotatable bonds is 7. The minimum atomic E-state index is -0.298. The van der Waals surface area contributed by atoms with Crippen molar-refractivity contribution in [3.63, 3.8) is 0 Å². The summed E-state index contributed by atoms with van der Waals surface area (Å²) >= 11 is 0. The number of benzene rings is 2. The van der Waals surface area contributed by atoms with Gasteiger partial charge in [0.25, 0.3) is 0 Å². The summed E-state index contributed by atoms with van der Waals surface area (Å²) in [5.74, 6) is 1.77. The van der Waals surface area contributed by atoms with E-state index in [1.165, 1.54) is 0 Å². The largest absolute Gasteiger partial charge is 0.497 e. The van der Waals surface area contributed by atoms with E-state index in [-0.39, 0.29) is 6.03 Å². The third kappa shape index (κ3) is 4.89. The SMILES string of the molecule is CCNC(=O)Nc1nc2cc(-c3cnc(NCc4ccc(OC)cc4)nc3)ccc2[nH]1. The van der Waals surface area contributed by atoms with Gasteiger partial charge in [0.2, 0.25) is 11.9 Å². The fourth-order valence-corrected chi connectivity index (χ4v) is 3.05. The fourth-order valence-electron chi connectivity index (χ4n) is 3.05. The van der Waals surface area contributed by atoms with Crippen molar-refractivity contribution >= 4 is 29.0 Å². The number of methoxy groups -OCH3 is 1. The molecule has 2 aromatic carbocycles. The van der Waals surface area contributed by atoms with Gasteiger partial charge in [0, 0.05) is 31.0 Å². The molecule has 0 aliphatic rings. The molecule has 9 heteroatoms. The highest BCUT2D eigenvalue weighted by Gasteiger charge is 2.08. The lowest BCUT2D eigenvalue weighted by molar-refractivity contribution is 0.252. The minimum absolute atomic E-state index is 0.298. The van der Waals surface area contributed by atoms with Crippen LogP contribution in [0, 0.1) is 0 Å². The number of imidazole rings is 1. The number of hydrogen-bond acceptors (Lipinski definition) is 6. The molecule has 0 aliphatic heterocycles. The summed E-state index contributed by atoms with van der Waals surface area (Å²) in [6.07, 6.45) is 3.54. The van der Waals surface area contributed by atoms with Crippen molar-refractivity contribution in [2.75, 3.05) is 24.3 Å². The monoisotopic (exact) mass is 417 g/mol. The number of carbonyl (C=O) groups is 1. The summed E-state index contributed by atoms with van der Waals surface area (Å²) in [4.78, 5) is 28.0. The van der Waals surface area contributed by atoms with Crippen molar-refractivity contribution < 1.29 is 9.53 Å². The van der Waals surface area contributed by atoms with E-state index in [9.17, 15) is 4.79 Å². The lowest BCUT2D eigenvalue weighted by atomic mass is 10.1. The maximum Gasteiger partial charge on any atom is 0.321 e. The Morgan fingerprint density at radius 2 is 1.84 bits per heavy atom. The van der Waals surface area contributed by atoms with Gasteiger partial charge < -0.3 is 20.4 Å². The van der Waals surface area contributed by atoms with Gasteiger partial charge in [0.15, 0.2) is 0 Å². The molecule has 4 rings (SSSR count). The van der Waals surface area contributed by atoms with Crippen molar-refractivity contribution in [2.24, 2.45) is 0 Å². The maximum absolute atomic E-state index is 11.7.